The van der Waals surface area contributed by atoms with Crippen molar-refractivity contribution in [3.8, 4) is 6.07 Å². The van der Waals surface area contributed by atoms with Crippen molar-refractivity contribution in [3.05, 3.63) is 22.6 Å². The third-order valence-electron chi connectivity index (χ3n) is 12.9. The number of rotatable bonds is 5. The molecule has 1 heterocycles. The van der Waals surface area contributed by atoms with E-state index in [1.165, 1.54) is 0 Å². The van der Waals surface area contributed by atoms with Gasteiger partial charge in [0.15, 0.2) is 0 Å². The van der Waals surface area contributed by atoms with E-state index in [0.717, 1.165) is 63.4 Å². The van der Waals surface area contributed by atoms with Crippen LogP contribution in [0.15, 0.2) is 17.3 Å². The molecule has 0 N–H and O–H groups in total. The first-order valence-corrected chi connectivity index (χ1v) is 14.2. The minimum absolute atomic E-state index is 0.0356. The molecule has 6 heteroatoms. The van der Waals surface area contributed by atoms with Gasteiger partial charge in [0.2, 0.25) is 0 Å². The summed E-state index contributed by atoms with van der Waals surface area (Å²) in [5, 5.41) is 13.4. The zero-order valence-corrected chi connectivity index (χ0v) is 23.0. The van der Waals surface area contributed by atoms with E-state index in [-0.39, 0.29) is 45.1 Å². The molecule has 0 spiro atoms. The van der Waals surface area contributed by atoms with Gasteiger partial charge in [-0.05, 0) is 97.3 Å². The Hall–Kier alpha value is -1.99. The Bertz CT molecular complexity index is 1060. The quantitative estimate of drug-likeness (QED) is 0.129. The predicted molar refractivity (Wildman–Crippen MR) is 139 cm³/mol. The molecular weight excluding hydrogens is 448 g/mol. The molecule has 0 unspecified atom stereocenters. The number of carbonyl (C=O) groups excluding carboxylic acids is 1. The molecular formula is C30H44N4O2. The molecule has 0 radical (unpaired) electrons. The molecule has 0 amide bonds. The van der Waals surface area contributed by atoms with Crippen molar-refractivity contribution in [2.45, 2.75) is 105 Å². The van der Waals surface area contributed by atoms with E-state index >= 15 is 0 Å². The smallest absolute Gasteiger partial charge is 0.312 e. The molecule has 196 valence electrons. The first-order valence-electron chi connectivity index (χ1n) is 14.2. The first kappa shape index (κ1) is 25.7. The highest BCUT2D eigenvalue weighted by Crippen LogP contribution is 2.77. The molecule has 4 aliphatic carbocycles. The number of hydrogen-bond acceptors (Lipinski definition) is 4. The highest BCUT2D eigenvalue weighted by molar-refractivity contribution is 5.81. The van der Waals surface area contributed by atoms with Gasteiger partial charge in [-0.25, -0.2) is 0 Å². The molecule has 5 aliphatic rings. The number of esters is 1. The normalized spacial score (nSPS) is 48.3. The Balaban J connectivity index is 1.54. The van der Waals surface area contributed by atoms with Gasteiger partial charge in [-0.3, -0.25) is 4.79 Å². The molecule has 6 nitrogen and oxygen atoms in total. The largest absolute Gasteiger partial charge is 0.461 e. The van der Waals surface area contributed by atoms with Crippen LogP contribution in [0.1, 0.15) is 98.8 Å². The van der Waals surface area contributed by atoms with Gasteiger partial charge in [-0.2, -0.15) is 5.26 Å². The molecule has 0 aromatic carbocycles. The number of nitrogens with zero attached hydrogens (tertiary/aromatic N) is 4. The van der Waals surface area contributed by atoms with E-state index in [4.69, 9.17) is 10.3 Å². The molecule has 5 rings (SSSR count). The molecule has 1 saturated heterocycles. The summed E-state index contributed by atoms with van der Waals surface area (Å²) in [5.74, 6) is 1.65. The van der Waals surface area contributed by atoms with Crippen LogP contribution in [0.3, 0.4) is 0 Å². The lowest BCUT2D eigenvalue weighted by Crippen LogP contribution is -2.66. The summed E-state index contributed by atoms with van der Waals surface area (Å²) in [6.07, 6.45) is 9.93. The van der Waals surface area contributed by atoms with Gasteiger partial charge in [0.05, 0.1) is 11.5 Å². The minimum Gasteiger partial charge on any atom is -0.461 e. The standard InChI is InChI=1S/C30H44N4O2/c1-19(18-33-34-32)20-10-12-29(6)22(27(20,4)11-7-17-31)9-8-21-23-24-26(2,3)13-15-30(23,25(35)36-24)16-14-28(21,29)5/h20-24H,1,7-16,18H2,2-6H3/t20-,21+,22+,23-,24+,27-,28+,29+,30-/m0/s1. The second kappa shape index (κ2) is 8.26. The first-order chi connectivity index (χ1) is 16.9. The Morgan fingerprint density at radius 1 is 1.11 bits per heavy atom. The van der Waals surface area contributed by atoms with Crippen LogP contribution < -0.4 is 0 Å². The van der Waals surface area contributed by atoms with Crippen LogP contribution in [-0.4, -0.2) is 18.6 Å². The molecule has 0 aromatic heterocycles. The monoisotopic (exact) mass is 492 g/mol. The molecule has 4 saturated carbocycles. The van der Waals surface area contributed by atoms with Gasteiger partial charge >= 0.3 is 5.97 Å². The summed E-state index contributed by atoms with van der Waals surface area (Å²) in [4.78, 5) is 16.4. The molecule has 2 bridgehead atoms. The second-order valence-corrected chi connectivity index (χ2v) is 14.4. The third kappa shape index (κ3) is 3.14. The van der Waals surface area contributed by atoms with Gasteiger partial charge in [-0.1, -0.05) is 51.9 Å². The van der Waals surface area contributed by atoms with Gasteiger partial charge in [-0.15, -0.1) is 0 Å². The topological polar surface area (TPSA) is 98.8 Å². The third-order valence-corrected chi connectivity index (χ3v) is 12.9. The van der Waals surface area contributed by atoms with Crippen molar-refractivity contribution in [1.29, 1.82) is 5.26 Å². The van der Waals surface area contributed by atoms with Crippen molar-refractivity contribution in [3.63, 3.8) is 0 Å². The zero-order valence-electron chi connectivity index (χ0n) is 23.0. The minimum atomic E-state index is -0.265. The van der Waals surface area contributed by atoms with Crippen LogP contribution >= 0.6 is 0 Å². The maximum atomic E-state index is 13.4. The zero-order chi connectivity index (χ0) is 26.1. The molecule has 1 aliphatic heterocycles. The highest BCUT2D eigenvalue weighted by atomic mass is 16.6. The summed E-state index contributed by atoms with van der Waals surface area (Å²) >= 11 is 0. The van der Waals surface area contributed by atoms with Gasteiger partial charge in [0, 0.05) is 29.2 Å². The maximum absolute atomic E-state index is 13.4. The molecule has 36 heavy (non-hydrogen) atoms. The van der Waals surface area contributed by atoms with E-state index in [1.807, 2.05) is 0 Å². The Kier molecular flexibility index (Phi) is 5.88. The molecule has 5 fully saturated rings. The van der Waals surface area contributed by atoms with Crippen LogP contribution in [0.25, 0.3) is 10.4 Å². The van der Waals surface area contributed by atoms with Crippen molar-refractivity contribution < 1.29 is 9.53 Å². The van der Waals surface area contributed by atoms with Crippen molar-refractivity contribution in [2.24, 2.45) is 55.9 Å². The predicted octanol–water partition coefficient (Wildman–Crippen LogP) is 7.75. The van der Waals surface area contributed by atoms with Gasteiger partial charge < -0.3 is 4.74 Å². The van der Waals surface area contributed by atoms with Crippen molar-refractivity contribution in [1.82, 2.24) is 0 Å². The summed E-state index contributed by atoms with van der Waals surface area (Å²) in [5.41, 5.74) is 9.92. The average Bonchev–Trinajstić information content (AvgIpc) is 3.09. The van der Waals surface area contributed by atoms with Crippen LogP contribution in [0.4, 0.5) is 0 Å². The second-order valence-electron chi connectivity index (χ2n) is 14.4. The Labute approximate surface area is 216 Å². The summed E-state index contributed by atoms with van der Waals surface area (Å²) < 4.78 is 6.26. The van der Waals surface area contributed by atoms with Crippen molar-refractivity contribution in [2.75, 3.05) is 6.54 Å². The summed E-state index contributed by atoms with van der Waals surface area (Å²) in [6.45, 7) is 16.8. The SMILES string of the molecule is C=C(CN=[N+]=[N-])[C@@H]1CC[C@]2(C)[C@H](CC[C@@H]3[C@H]4[C@H]5OC(=O)[C@@]4(CCC5(C)C)CC[C@]32C)[C@@]1(C)CCC#N. The van der Waals surface area contributed by atoms with Gasteiger partial charge in [0.1, 0.15) is 6.10 Å². The summed E-state index contributed by atoms with van der Waals surface area (Å²) in [7, 11) is 0. The lowest BCUT2D eigenvalue weighted by Gasteiger charge is -2.71. The van der Waals surface area contributed by atoms with Crippen molar-refractivity contribution >= 4 is 5.97 Å². The van der Waals surface area contributed by atoms with E-state index in [2.05, 4.69) is 57.3 Å². The average molecular weight is 493 g/mol. The number of ether oxygens (including phenoxy) is 1. The highest BCUT2D eigenvalue weighted by Gasteiger charge is 2.74. The number of carbonyl (C=O) groups is 1. The van der Waals surface area contributed by atoms with E-state index in [1.54, 1.807) is 0 Å². The number of azide groups is 1. The fourth-order valence-corrected chi connectivity index (χ4v) is 10.8. The number of nitriles is 1. The van der Waals surface area contributed by atoms with Gasteiger partial charge in [0.25, 0.3) is 0 Å². The van der Waals surface area contributed by atoms with Crippen LogP contribution in [0.2, 0.25) is 0 Å². The Morgan fingerprint density at radius 2 is 1.83 bits per heavy atom. The number of fused-ring (bicyclic) bond motifs is 3. The van der Waals surface area contributed by atoms with Crippen LogP contribution in [0, 0.1) is 62.1 Å². The Morgan fingerprint density at radius 3 is 2.53 bits per heavy atom. The molecule has 0 aromatic rings. The fraction of sp³-hybridized carbons (Fsp3) is 0.867. The van der Waals surface area contributed by atoms with E-state index in [0.29, 0.717) is 30.7 Å². The lowest BCUT2D eigenvalue weighted by molar-refractivity contribution is -0.224. The number of hydrogen-bond donors (Lipinski definition) is 0. The molecule has 9 atom stereocenters. The fourth-order valence-electron chi connectivity index (χ4n) is 10.8. The maximum Gasteiger partial charge on any atom is 0.312 e. The summed E-state index contributed by atoms with van der Waals surface area (Å²) in [6, 6.07) is 2.42. The van der Waals surface area contributed by atoms with E-state index < -0.39 is 0 Å². The lowest BCUT2D eigenvalue weighted by atomic mass is 9.33. The van der Waals surface area contributed by atoms with Crippen LogP contribution in [-0.2, 0) is 9.53 Å². The van der Waals surface area contributed by atoms with Crippen LogP contribution in [0.5, 0.6) is 0 Å². The van der Waals surface area contributed by atoms with E-state index in [9.17, 15) is 10.1 Å².